The van der Waals surface area contributed by atoms with Crippen LogP contribution in [-0.4, -0.2) is 58.8 Å². The second-order valence-corrected chi connectivity index (χ2v) is 11.2. The number of benzene rings is 2. The molecule has 2 aromatic rings. The molecule has 4 N–H and O–H groups in total. The lowest BCUT2D eigenvalue weighted by Crippen LogP contribution is -2.57. The molecule has 1 aliphatic rings. The summed E-state index contributed by atoms with van der Waals surface area (Å²) in [7, 11) is 0. The summed E-state index contributed by atoms with van der Waals surface area (Å²) in [5, 5.41) is 9.24. The number of piperidine rings is 1. The molecule has 1 saturated heterocycles. The molecule has 1 heterocycles. The fourth-order valence-corrected chi connectivity index (χ4v) is 4.21. The molecule has 1 fully saturated rings. The second kappa shape index (κ2) is 13.8. The predicted molar refractivity (Wildman–Crippen MR) is 154 cm³/mol. The molecular weight excluding hydrogens is 526 g/mol. The van der Waals surface area contributed by atoms with Crippen LogP contribution >= 0.6 is 0 Å². The van der Waals surface area contributed by atoms with Crippen molar-refractivity contribution in [3.63, 3.8) is 0 Å². The van der Waals surface area contributed by atoms with E-state index in [2.05, 4.69) is 15.8 Å². The Bertz CT molecular complexity index is 1260. The lowest BCUT2D eigenvalue weighted by atomic mass is 9.92. The van der Waals surface area contributed by atoms with Gasteiger partial charge in [0, 0.05) is 18.7 Å². The van der Waals surface area contributed by atoms with E-state index in [1.807, 2.05) is 6.92 Å². The van der Waals surface area contributed by atoms with Gasteiger partial charge in [-0.15, -0.1) is 0 Å². The van der Waals surface area contributed by atoms with E-state index in [1.54, 1.807) is 82.3 Å². The predicted octanol–water partition coefficient (Wildman–Crippen LogP) is 3.32. The summed E-state index contributed by atoms with van der Waals surface area (Å²) >= 11 is 0. The number of carbonyl (C=O) groups is 4. The molecule has 0 unspecified atom stereocenters. The lowest BCUT2D eigenvalue weighted by molar-refractivity contribution is -0.132. The maximum Gasteiger partial charge on any atom is 0.410 e. The maximum atomic E-state index is 13.1. The van der Waals surface area contributed by atoms with Gasteiger partial charge in [0.25, 0.3) is 0 Å². The highest BCUT2D eigenvalue weighted by Crippen LogP contribution is 2.25. The van der Waals surface area contributed by atoms with E-state index in [9.17, 15) is 19.2 Å². The Hall–Kier alpha value is -4.41. The number of hydrogen-bond acceptors (Lipinski definition) is 7. The monoisotopic (exact) mass is 565 g/mol. The average Bonchev–Trinajstić information content (AvgIpc) is 2.94. The first kappa shape index (κ1) is 31.1. The summed E-state index contributed by atoms with van der Waals surface area (Å²) in [5.41, 5.74) is 6.94. The van der Waals surface area contributed by atoms with Gasteiger partial charge in [-0.3, -0.25) is 14.5 Å². The van der Waals surface area contributed by atoms with Crippen molar-refractivity contribution in [1.29, 1.82) is 0 Å². The largest absolute Gasteiger partial charge is 0.444 e. The van der Waals surface area contributed by atoms with E-state index >= 15 is 0 Å². The molecular formula is C30H39N5O6. The topological polar surface area (TPSA) is 152 Å². The number of nitrogens with one attached hydrogen (secondary N) is 2. The number of nitrogens with two attached hydrogens (primary N) is 1. The van der Waals surface area contributed by atoms with Crippen molar-refractivity contribution in [2.24, 2.45) is 16.8 Å². The van der Waals surface area contributed by atoms with Crippen LogP contribution in [0.4, 0.5) is 4.79 Å². The number of ether oxygens (including phenoxy) is 1. The van der Waals surface area contributed by atoms with Crippen molar-refractivity contribution in [1.82, 2.24) is 15.5 Å². The van der Waals surface area contributed by atoms with E-state index in [0.717, 1.165) is 12.0 Å². The van der Waals surface area contributed by atoms with E-state index in [4.69, 9.17) is 15.3 Å². The van der Waals surface area contributed by atoms with Crippen LogP contribution in [0.15, 0.2) is 59.8 Å². The fraction of sp³-hybridized carbons (Fsp3) is 0.433. The zero-order chi connectivity index (χ0) is 30.2. The summed E-state index contributed by atoms with van der Waals surface area (Å²) < 4.78 is 5.49. The maximum absolute atomic E-state index is 13.1. The smallest absolute Gasteiger partial charge is 0.410 e. The van der Waals surface area contributed by atoms with Gasteiger partial charge >= 0.3 is 12.1 Å². The molecule has 3 rings (SSSR count). The molecule has 3 amide bonds. The molecule has 0 radical (unpaired) electrons. The highest BCUT2D eigenvalue weighted by atomic mass is 16.7. The number of carbonyl (C=O) groups excluding carboxylic acids is 4. The average molecular weight is 566 g/mol. The normalized spacial score (nSPS) is 18.2. The van der Waals surface area contributed by atoms with Gasteiger partial charge in [0.15, 0.2) is 5.84 Å². The third kappa shape index (κ3) is 9.33. The van der Waals surface area contributed by atoms with Gasteiger partial charge < -0.3 is 25.9 Å². The zero-order valence-corrected chi connectivity index (χ0v) is 24.2. The third-order valence-electron chi connectivity index (χ3n) is 6.50. The Balaban J connectivity index is 1.51. The quantitative estimate of drug-likeness (QED) is 0.192. The minimum atomic E-state index is -0.818. The molecule has 41 heavy (non-hydrogen) atoms. The highest BCUT2D eigenvalue weighted by molar-refractivity contribution is 5.98. The van der Waals surface area contributed by atoms with Crippen molar-refractivity contribution in [2.45, 2.75) is 71.7 Å². The molecule has 0 bridgehead atoms. The summed E-state index contributed by atoms with van der Waals surface area (Å²) in [5.74, 6) is -1.10. The number of hydrogen-bond donors (Lipinski definition) is 3. The Morgan fingerprint density at radius 3 is 2.34 bits per heavy atom. The Morgan fingerprint density at radius 2 is 1.71 bits per heavy atom. The third-order valence-corrected chi connectivity index (χ3v) is 6.50. The number of likely N-dealkylation sites (tertiary alicyclic amines) is 1. The molecule has 0 saturated carbocycles. The van der Waals surface area contributed by atoms with Gasteiger partial charge in [-0.1, -0.05) is 54.5 Å². The molecule has 11 nitrogen and oxygen atoms in total. The van der Waals surface area contributed by atoms with Crippen molar-refractivity contribution in [3.8, 4) is 0 Å². The van der Waals surface area contributed by atoms with Gasteiger partial charge in [0.2, 0.25) is 11.8 Å². The van der Waals surface area contributed by atoms with Gasteiger partial charge in [-0.2, -0.15) is 0 Å². The summed E-state index contributed by atoms with van der Waals surface area (Å²) in [4.78, 5) is 56.9. The van der Waals surface area contributed by atoms with Gasteiger partial charge in [-0.25, -0.2) is 9.59 Å². The van der Waals surface area contributed by atoms with Crippen molar-refractivity contribution < 1.29 is 28.8 Å². The molecule has 220 valence electrons. The van der Waals surface area contributed by atoms with Crippen LogP contribution in [0.5, 0.6) is 0 Å². The SMILES string of the molecule is C[C@H]1CCN(C(=O)OC(C)(C)C)[C@@H](C(=O)N[C@@H](C)C(=O)NCc2ccc(C(N)=NOC(=O)c3ccccc3)cc2)C1. The Kier molecular flexibility index (Phi) is 10.5. The summed E-state index contributed by atoms with van der Waals surface area (Å²) in [6.45, 7) is 9.58. The fourth-order valence-electron chi connectivity index (χ4n) is 4.21. The molecule has 0 aromatic heterocycles. The van der Waals surface area contributed by atoms with Gasteiger partial charge in [-0.05, 0) is 64.2 Å². The van der Waals surface area contributed by atoms with Crippen LogP contribution in [0, 0.1) is 5.92 Å². The highest BCUT2D eigenvalue weighted by Gasteiger charge is 2.37. The number of amidine groups is 1. The zero-order valence-electron chi connectivity index (χ0n) is 24.2. The molecule has 11 heteroatoms. The number of oxime groups is 1. The molecule has 0 spiro atoms. The van der Waals surface area contributed by atoms with Gasteiger partial charge in [0.05, 0.1) is 5.56 Å². The Morgan fingerprint density at radius 1 is 1.05 bits per heavy atom. The first-order valence-corrected chi connectivity index (χ1v) is 13.6. The van der Waals surface area contributed by atoms with Crippen LogP contribution in [0.3, 0.4) is 0 Å². The molecule has 0 aliphatic carbocycles. The van der Waals surface area contributed by atoms with E-state index in [-0.39, 0.29) is 24.2 Å². The lowest BCUT2D eigenvalue weighted by Gasteiger charge is -2.38. The van der Waals surface area contributed by atoms with Crippen molar-refractivity contribution >= 4 is 29.7 Å². The van der Waals surface area contributed by atoms with Crippen molar-refractivity contribution in [3.05, 3.63) is 71.3 Å². The van der Waals surface area contributed by atoms with Crippen LogP contribution in [0.25, 0.3) is 0 Å². The van der Waals surface area contributed by atoms with Crippen LogP contribution in [0.2, 0.25) is 0 Å². The number of nitrogens with zero attached hydrogens (tertiary/aromatic N) is 2. The number of amides is 3. The summed E-state index contributed by atoms with van der Waals surface area (Å²) in [6, 6.07) is 13.8. The van der Waals surface area contributed by atoms with Crippen LogP contribution in [-0.2, 0) is 25.7 Å². The first-order valence-electron chi connectivity index (χ1n) is 13.6. The minimum Gasteiger partial charge on any atom is -0.444 e. The van der Waals surface area contributed by atoms with Gasteiger partial charge in [0.1, 0.15) is 17.7 Å². The standard InChI is InChI=1S/C30H39N5O6/c1-19-15-16-35(29(39)40-30(3,4)5)24(17-19)27(37)33-20(2)26(36)32-18-21-11-13-22(14-12-21)25(31)34-41-28(38)23-9-7-6-8-10-23/h6-14,19-20,24H,15-18H2,1-5H3,(H2,31,34)(H,32,36)(H,33,37)/t19-,20-,24+/m0/s1. The summed E-state index contributed by atoms with van der Waals surface area (Å²) in [6.07, 6.45) is 0.725. The molecule has 1 aliphatic heterocycles. The molecule has 2 aromatic carbocycles. The van der Waals surface area contributed by atoms with Crippen LogP contribution in [0.1, 0.15) is 68.9 Å². The van der Waals surface area contributed by atoms with E-state index < -0.39 is 35.7 Å². The van der Waals surface area contributed by atoms with E-state index in [1.165, 1.54) is 4.90 Å². The first-order chi connectivity index (χ1) is 19.3. The minimum absolute atomic E-state index is 0.0265. The van der Waals surface area contributed by atoms with Crippen LogP contribution < -0.4 is 16.4 Å². The second-order valence-electron chi connectivity index (χ2n) is 11.2. The number of rotatable bonds is 8. The van der Waals surface area contributed by atoms with Crippen molar-refractivity contribution in [2.75, 3.05) is 6.54 Å². The molecule has 3 atom stereocenters. The van der Waals surface area contributed by atoms with E-state index in [0.29, 0.717) is 24.1 Å². The Labute approximate surface area is 240 Å².